The summed E-state index contributed by atoms with van der Waals surface area (Å²) in [5, 5.41) is 3.17. The van der Waals surface area contributed by atoms with Crippen molar-refractivity contribution in [2.45, 2.75) is 30.6 Å². The highest BCUT2D eigenvalue weighted by Crippen LogP contribution is 2.21. The Hall–Kier alpha value is -1.38. The fraction of sp³-hybridized carbons (Fsp3) is 0.438. The largest absolute Gasteiger partial charge is 0.454 e. The second-order valence-electron chi connectivity index (χ2n) is 5.73. The Labute approximate surface area is 150 Å². The van der Waals surface area contributed by atoms with E-state index in [2.05, 4.69) is 26.2 Å². The summed E-state index contributed by atoms with van der Waals surface area (Å²) in [7, 11) is -3.42. The molecule has 0 atom stereocenters. The molecule has 0 saturated carbocycles. The van der Waals surface area contributed by atoms with Gasteiger partial charge in [-0.25, -0.2) is 13.4 Å². The van der Waals surface area contributed by atoms with Gasteiger partial charge in [-0.15, -0.1) is 0 Å². The van der Waals surface area contributed by atoms with Crippen LogP contribution < -0.4 is 5.32 Å². The summed E-state index contributed by atoms with van der Waals surface area (Å²) in [4.78, 5) is 4.47. The number of furan rings is 1. The van der Waals surface area contributed by atoms with Crippen LogP contribution in [0.4, 0.5) is 5.82 Å². The van der Waals surface area contributed by atoms with E-state index >= 15 is 0 Å². The molecule has 0 bridgehead atoms. The molecule has 2 aromatic heterocycles. The monoisotopic (exact) mass is 413 g/mol. The number of hydrogen-bond acceptors (Lipinski definition) is 5. The molecule has 1 N–H and O–H groups in total. The molecule has 0 amide bonds. The number of aromatic nitrogens is 1. The SMILES string of the molecule is O=S(=O)(c1ccc(NCCc2ccc(Br)o2)nc1)N1CCCCC1. The molecule has 130 valence electrons. The number of halogens is 1. The first-order valence-electron chi connectivity index (χ1n) is 8.00. The minimum absolute atomic E-state index is 0.255. The van der Waals surface area contributed by atoms with Crippen LogP contribution in [0.2, 0.25) is 0 Å². The molecule has 1 aliphatic rings. The normalized spacial score (nSPS) is 16.2. The third kappa shape index (κ3) is 4.17. The van der Waals surface area contributed by atoms with Gasteiger partial charge >= 0.3 is 0 Å². The summed E-state index contributed by atoms with van der Waals surface area (Å²) < 4.78 is 32.8. The van der Waals surface area contributed by atoms with Crippen molar-refractivity contribution in [2.24, 2.45) is 0 Å². The number of nitrogens with zero attached hydrogens (tertiary/aromatic N) is 2. The fourth-order valence-electron chi connectivity index (χ4n) is 2.69. The van der Waals surface area contributed by atoms with Gasteiger partial charge in [0.15, 0.2) is 4.67 Å². The van der Waals surface area contributed by atoms with Crippen LogP contribution in [0.3, 0.4) is 0 Å². The van der Waals surface area contributed by atoms with Crippen LogP contribution >= 0.6 is 15.9 Å². The lowest BCUT2D eigenvalue weighted by atomic mass is 10.2. The maximum Gasteiger partial charge on any atom is 0.244 e. The van der Waals surface area contributed by atoms with Gasteiger partial charge in [0.2, 0.25) is 10.0 Å². The van der Waals surface area contributed by atoms with Crippen LogP contribution in [-0.4, -0.2) is 37.3 Å². The van der Waals surface area contributed by atoms with E-state index in [1.807, 2.05) is 12.1 Å². The third-order valence-electron chi connectivity index (χ3n) is 4.00. The minimum Gasteiger partial charge on any atom is -0.454 e. The van der Waals surface area contributed by atoms with Gasteiger partial charge in [0.05, 0.1) is 0 Å². The molecule has 0 aromatic carbocycles. The predicted molar refractivity (Wildman–Crippen MR) is 95.4 cm³/mol. The third-order valence-corrected chi connectivity index (χ3v) is 6.30. The summed E-state index contributed by atoms with van der Waals surface area (Å²) in [5.41, 5.74) is 0. The van der Waals surface area contributed by atoms with Gasteiger partial charge in [-0.05, 0) is 53.0 Å². The molecule has 2 aromatic rings. The van der Waals surface area contributed by atoms with Gasteiger partial charge in [-0.1, -0.05) is 6.42 Å². The zero-order valence-corrected chi connectivity index (χ0v) is 15.6. The van der Waals surface area contributed by atoms with Crippen molar-refractivity contribution >= 4 is 31.8 Å². The van der Waals surface area contributed by atoms with Crippen LogP contribution in [-0.2, 0) is 16.4 Å². The summed E-state index contributed by atoms with van der Waals surface area (Å²) in [6, 6.07) is 7.08. The highest BCUT2D eigenvalue weighted by atomic mass is 79.9. The summed E-state index contributed by atoms with van der Waals surface area (Å²) in [6.07, 6.45) is 5.10. The average Bonchev–Trinajstić information content (AvgIpc) is 3.01. The molecule has 1 aliphatic heterocycles. The Morgan fingerprint density at radius 3 is 2.58 bits per heavy atom. The number of hydrogen-bond donors (Lipinski definition) is 1. The predicted octanol–water partition coefficient (Wildman–Crippen LogP) is 3.27. The second-order valence-corrected chi connectivity index (χ2v) is 8.45. The van der Waals surface area contributed by atoms with Crippen molar-refractivity contribution in [3.63, 3.8) is 0 Å². The Morgan fingerprint density at radius 2 is 1.96 bits per heavy atom. The molecule has 24 heavy (non-hydrogen) atoms. The van der Waals surface area contributed by atoms with Gasteiger partial charge in [0, 0.05) is 32.3 Å². The Kier molecular flexibility index (Phi) is 5.57. The smallest absolute Gasteiger partial charge is 0.244 e. The molecule has 8 heteroatoms. The minimum atomic E-state index is -3.42. The highest BCUT2D eigenvalue weighted by molar-refractivity contribution is 9.10. The molecule has 0 radical (unpaired) electrons. The summed E-state index contributed by atoms with van der Waals surface area (Å²) in [5.74, 6) is 1.52. The van der Waals surface area contributed by atoms with Crippen LogP contribution in [0, 0.1) is 0 Å². The van der Waals surface area contributed by atoms with Crippen molar-refractivity contribution in [3.05, 3.63) is 40.9 Å². The van der Waals surface area contributed by atoms with Crippen molar-refractivity contribution in [2.75, 3.05) is 25.0 Å². The van der Waals surface area contributed by atoms with Gasteiger partial charge in [-0.3, -0.25) is 0 Å². The lowest BCUT2D eigenvalue weighted by Gasteiger charge is -2.25. The molecule has 0 unspecified atom stereocenters. The first-order chi connectivity index (χ1) is 11.6. The Morgan fingerprint density at radius 1 is 1.17 bits per heavy atom. The molecule has 1 saturated heterocycles. The maximum absolute atomic E-state index is 12.5. The standard InChI is InChI=1S/C16H20BrN3O3S/c17-15-6-4-13(23-15)8-9-18-16-7-5-14(12-19-16)24(21,22)20-10-2-1-3-11-20/h4-7,12H,1-3,8-11H2,(H,18,19). The summed E-state index contributed by atoms with van der Waals surface area (Å²) in [6.45, 7) is 1.85. The molecular weight excluding hydrogens is 394 g/mol. The summed E-state index contributed by atoms with van der Waals surface area (Å²) >= 11 is 3.27. The van der Waals surface area contributed by atoms with Gasteiger partial charge in [0.1, 0.15) is 16.5 Å². The lowest BCUT2D eigenvalue weighted by molar-refractivity contribution is 0.346. The van der Waals surface area contributed by atoms with Crippen molar-refractivity contribution in [3.8, 4) is 0 Å². The number of pyridine rings is 1. The van der Waals surface area contributed by atoms with Gasteiger partial charge in [0.25, 0.3) is 0 Å². The zero-order chi connectivity index (χ0) is 17.0. The second kappa shape index (κ2) is 7.67. The van der Waals surface area contributed by atoms with Gasteiger partial charge < -0.3 is 9.73 Å². The van der Waals surface area contributed by atoms with E-state index in [9.17, 15) is 8.42 Å². The Bertz CT molecular complexity index is 768. The molecular formula is C16H20BrN3O3S. The fourth-order valence-corrected chi connectivity index (χ4v) is 4.49. The van der Waals surface area contributed by atoms with Gasteiger partial charge in [-0.2, -0.15) is 4.31 Å². The molecule has 6 nitrogen and oxygen atoms in total. The first kappa shape index (κ1) is 17.4. The van der Waals surface area contributed by atoms with E-state index in [1.54, 1.807) is 16.4 Å². The highest BCUT2D eigenvalue weighted by Gasteiger charge is 2.26. The van der Waals surface area contributed by atoms with E-state index < -0.39 is 10.0 Å². The Balaban J connectivity index is 1.58. The van der Waals surface area contributed by atoms with E-state index in [-0.39, 0.29) is 4.90 Å². The number of piperidine rings is 1. The van der Waals surface area contributed by atoms with E-state index in [4.69, 9.17) is 4.42 Å². The average molecular weight is 414 g/mol. The quantitative estimate of drug-likeness (QED) is 0.786. The number of sulfonamides is 1. The van der Waals surface area contributed by atoms with E-state index in [0.29, 0.717) is 30.1 Å². The zero-order valence-electron chi connectivity index (χ0n) is 13.2. The maximum atomic E-state index is 12.5. The topological polar surface area (TPSA) is 75.4 Å². The van der Waals surface area contributed by atoms with E-state index in [1.165, 1.54) is 6.20 Å². The van der Waals surface area contributed by atoms with Crippen molar-refractivity contribution < 1.29 is 12.8 Å². The van der Waals surface area contributed by atoms with Crippen LogP contribution in [0.5, 0.6) is 0 Å². The molecule has 3 heterocycles. The first-order valence-corrected chi connectivity index (χ1v) is 10.2. The molecule has 0 spiro atoms. The molecule has 0 aliphatic carbocycles. The molecule has 1 fully saturated rings. The van der Waals surface area contributed by atoms with E-state index in [0.717, 1.165) is 31.4 Å². The lowest BCUT2D eigenvalue weighted by Crippen LogP contribution is -2.35. The van der Waals surface area contributed by atoms with Crippen LogP contribution in [0.15, 0.2) is 44.4 Å². The van der Waals surface area contributed by atoms with Crippen molar-refractivity contribution in [1.82, 2.24) is 9.29 Å². The number of rotatable bonds is 6. The number of anilines is 1. The van der Waals surface area contributed by atoms with Crippen molar-refractivity contribution in [1.29, 1.82) is 0 Å². The number of nitrogens with one attached hydrogen (secondary N) is 1. The van der Waals surface area contributed by atoms with Crippen LogP contribution in [0.25, 0.3) is 0 Å². The molecule has 3 rings (SSSR count). The van der Waals surface area contributed by atoms with Crippen LogP contribution in [0.1, 0.15) is 25.0 Å².